The predicted molar refractivity (Wildman–Crippen MR) is 118 cm³/mol. The molecule has 2 aromatic carbocycles. The number of aromatic nitrogens is 1. The van der Waals surface area contributed by atoms with Crippen LogP contribution >= 0.6 is 11.8 Å². The Morgan fingerprint density at radius 1 is 1.07 bits per heavy atom. The van der Waals surface area contributed by atoms with E-state index in [1.165, 1.54) is 4.90 Å². The molecule has 0 aliphatic rings. The van der Waals surface area contributed by atoms with Crippen LogP contribution in [0.4, 0.5) is 0 Å². The number of hydrogen-bond donors (Lipinski definition) is 1. The van der Waals surface area contributed by atoms with Crippen molar-refractivity contribution in [2.24, 2.45) is 5.92 Å². The minimum Gasteiger partial charge on any atom is -0.496 e. The van der Waals surface area contributed by atoms with E-state index in [-0.39, 0.29) is 5.56 Å². The van der Waals surface area contributed by atoms with Crippen molar-refractivity contribution in [2.45, 2.75) is 38.4 Å². The highest BCUT2D eigenvalue weighted by atomic mass is 32.2. The van der Waals surface area contributed by atoms with E-state index in [1.807, 2.05) is 34.9 Å². The highest BCUT2D eigenvalue weighted by molar-refractivity contribution is 7.98. The number of pyridine rings is 1. The number of rotatable bonds is 8. The number of thioether (sulfide) groups is 1. The maximum Gasteiger partial charge on any atom is 0.255 e. The van der Waals surface area contributed by atoms with Gasteiger partial charge in [0.05, 0.1) is 12.6 Å². The van der Waals surface area contributed by atoms with E-state index in [0.717, 1.165) is 27.8 Å². The van der Waals surface area contributed by atoms with E-state index in [0.29, 0.717) is 25.6 Å². The second kappa shape index (κ2) is 9.30. The van der Waals surface area contributed by atoms with E-state index < -0.39 is 0 Å². The molecular weight excluding hydrogens is 368 g/mol. The summed E-state index contributed by atoms with van der Waals surface area (Å²) in [5.41, 5.74) is 2.98. The van der Waals surface area contributed by atoms with Crippen molar-refractivity contribution in [2.75, 3.05) is 13.4 Å². The molecule has 0 unspecified atom stereocenters. The number of nitrogens with one attached hydrogen (secondary N) is 1. The van der Waals surface area contributed by atoms with Crippen LogP contribution in [0.1, 0.15) is 25.0 Å². The lowest BCUT2D eigenvalue weighted by atomic mass is 10.1. The largest absolute Gasteiger partial charge is 0.496 e. The lowest BCUT2D eigenvalue weighted by Gasteiger charge is -2.16. The Morgan fingerprint density at radius 2 is 1.82 bits per heavy atom. The predicted octanol–water partition coefficient (Wildman–Crippen LogP) is 4.68. The van der Waals surface area contributed by atoms with Gasteiger partial charge in [0.1, 0.15) is 5.75 Å². The lowest BCUT2D eigenvalue weighted by Crippen LogP contribution is -2.29. The van der Waals surface area contributed by atoms with Gasteiger partial charge in [0.2, 0.25) is 0 Å². The average molecular weight is 397 g/mol. The van der Waals surface area contributed by atoms with Crippen LogP contribution in [0.25, 0.3) is 10.9 Å². The van der Waals surface area contributed by atoms with Gasteiger partial charge in [-0.05, 0) is 41.8 Å². The molecular formula is C23H28N2O2S. The molecule has 0 saturated carbocycles. The van der Waals surface area contributed by atoms with Crippen LogP contribution < -0.4 is 15.6 Å². The fraction of sp³-hybridized carbons (Fsp3) is 0.348. The third-order valence-corrected chi connectivity index (χ3v) is 5.47. The molecule has 0 aliphatic carbocycles. The molecule has 1 heterocycles. The molecule has 3 aromatic rings. The van der Waals surface area contributed by atoms with Crippen LogP contribution in [-0.4, -0.2) is 17.9 Å². The second-order valence-corrected chi connectivity index (χ2v) is 8.20. The molecule has 0 fully saturated rings. The Kier molecular flexibility index (Phi) is 6.81. The van der Waals surface area contributed by atoms with Gasteiger partial charge >= 0.3 is 0 Å². The highest BCUT2D eigenvalue weighted by Crippen LogP contribution is 2.23. The summed E-state index contributed by atoms with van der Waals surface area (Å²) in [6.07, 6.45) is 2.06. The number of nitrogens with zero attached hydrogens (tertiary/aromatic N) is 1. The summed E-state index contributed by atoms with van der Waals surface area (Å²) in [7, 11) is 1.68. The van der Waals surface area contributed by atoms with Crippen LogP contribution in [0.5, 0.6) is 5.75 Å². The number of ether oxygens (including phenoxy) is 1. The van der Waals surface area contributed by atoms with Gasteiger partial charge in [0.15, 0.2) is 0 Å². The van der Waals surface area contributed by atoms with Crippen molar-refractivity contribution in [3.05, 3.63) is 70.0 Å². The smallest absolute Gasteiger partial charge is 0.255 e. The maximum atomic E-state index is 13.2. The van der Waals surface area contributed by atoms with Crippen molar-refractivity contribution in [3.8, 4) is 5.75 Å². The van der Waals surface area contributed by atoms with Gasteiger partial charge in [-0.2, -0.15) is 0 Å². The molecule has 0 spiro atoms. The molecule has 0 bridgehead atoms. The molecule has 28 heavy (non-hydrogen) atoms. The maximum absolute atomic E-state index is 13.2. The first-order chi connectivity index (χ1) is 13.5. The second-order valence-electron chi connectivity index (χ2n) is 7.32. The SMILES string of the molecule is COc1ccccc1CNCc1cc2ccc(SC)cc2n(CC(C)C)c1=O. The molecule has 3 rings (SSSR count). The molecule has 0 aliphatic heterocycles. The molecule has 5 heteroatoms. The normalized spacial score (nSPS) is 11.3. The zero-order valence-electron chi connectivity index (χ0n) is 17.0. The minimum absolute atomic E-state index is 0.0898. The van der Waals surface area contributed by atoms with Crippen molar-refractivity contribution < 1.29 is 4.74 Å². The van der Waals surface area contributed by atoms with E-state index in [9.17, 15) is 4.79 Å². The van der Waals surface area contributed by atoms with Gasteiger partial charge < -0.3 is 14.6 Å². The van der Waals surface area contributed by atoms with Gasteiger partial charge in [-0.15, -0.1) is 11.8 Å². The monoisotopic (exact) mass is 396 g/mol. The van der Waals surface area contributed by atoms with Crippen molar-refractivity contribution >= 4 is 22.7 Å². The molecule has 1 aromatic heterocycles. The molecule has 0 atom stereocenters. The first-order valence-corrected chi connectivity index (χ1v) is 10.8. The minimum atomic E-state index is 0.0898. The number of methoxy groups -OCH3 is 1. The summed E-state index contributed by atoms with van der Waals surface area (Å²) < 4.78 is 7.34. The number of benzene rings is 2. The summed E-state index contributed by atoms with van der Waals surface area (Å²) in [6, 6.07) is 16.3. The van der Waals surface area contributed by atoms with Crippen LogP contribution in [0.3, 0.4) is 0 Å². The standard InChI is InChI=1S/C23H28N2O2S/c1-16(2)15-25-21-12-20(28-4)10-9-17(21)11-19(23(25)26)14-24-13-18-7-5-6-8-22(18)27-3/h5-12,16,24H,13-15H2,1-4H3. The Morgan fingerprint density at radius 3 is 2.54 bits per heavy atom. The Labute approximate surface area is 170 Å². The average Bonchev–Trinajstić information content (AvgIpc) is 2.70. The first kappa shape index (κ1) is 20.5. The van der Waals surface area contributed by atoms with Crippen LogP contribution in [0, 0.1) is 5.92 Å². The van der Waals surface area contributed by atoms with E-state index >= 15 is 0 Å². The van der Waals surface area contributed by atoms with Gasteiger partial charge in [0, 0.05) is 35.7 Å². The number of hydrogen-bond acceptors (Lipinski definition) is 4. The quantitative estimate of drug-likeness (QED) is 0.562. The Balaban J connectivity index is 1.90. The summed E-state index contributed by atoms with van der Waals surface area (Å²) in [4.78, 5) is 14.3. The Bertz CT molecular complexity index is 1010. The molecule has 0 amide bonds. The molecule has 0 saturated heterocycles. The zero-order chi connectivity index (χ0) is 20.1. The molecule has 0 radical (unpaired) electrons. The van der Waals surface area contributed by atoms with E-state index in [2.05, 4.69) is 43.6 Å². The topological polar surface area (TPSA) is 43.3 Å². The zero-order valence-corrected chi connectivity index (χ0v) is 17.8. The summed E-state index contributed by atoms with van der Waals surface area (Å²) in [5.74, 6) is 1.26. The summed E-state index contributed by atoms with van der Waals surface area (Å²) in [5, 5.41) is 4.51. The van der Waals surface area contributed by atoms with Crippen LogP contribution in [0.15, 0.2) is 58.2 Å². The van der Waals surface area contributed by atoms with Crippen LogP contribution in [0.2, 0.25) is 0 Å². The van der Waals surface area contributed by atoms with Crippen LogP contribution in [-0.2, 0) is 19.6 Å². The third-order valence-electron chi connectivity index (χ3n) is 4.75. The molecule has 1 N–H and O–H groups in total. The van der Waals surface area contributed by atoms with Gasteiger partial charge in [-0.25, -0.2) is 0 Å². The van der Waals surface area contributed by atoms with E-state index in [4.69, 9.17) is 4.74 Å². The molecule has 148 valence electrons. The fourth-order valence-electron chi connectivity index (χ4n) is 3.39. The van der Waals surface area contributed by atoms with Crippen molar-refractivity contribution in [1.29, 1.82) is 0 Å². The first-order valence-electron chi connectivity index (χ1n) is 9.56. The highest BCUT2D eigenvalue weighted by Gasteiger charge is 2.12. The van der Waals surface area contributed by atoms with Gasteiger partial charge in [0.25, 0.3) is 5.56 Å². The third kappa shape index (κ3) is 4.59. The van der Waals surface area contributed by atoms with Gasteiger partial charge in [-0.1, -0.05) is 38.1 Å². The van der Waals surface area contributed by atoms with E-state index in [1.54, 1.807) is 18.9 Å². The number of para-hydroxylation sites is 1. The molecule has 4 nitrogen and oxygen atoms in total. The lowest BCUT2D eigenvalue weighted by molar-refractivity contribution is 0.407. The number of fused-ring (bicyclic) bond motifs is 1. The summed E-state index contributed by atoms with van der Waals surface area (Å²) in [6.45, 7) is 6.17. The Hall–Kier alpha value is -2.24. The fourth-order valence-corrected chi connectivity index (χ4v) is 3.83. The van der Waals surface area contributed by atoms with Crippen molar-refractivity contribution in [1.82, 2.24) is 9.88 Å². The summed E-state index contributed by atoms with van der Waals surface area (Å²) >= 11 is 1.70. The van der Waals surface area contributed by atoms with Gasteiger partial charge in [-0.3, -0.25) is 4.79 Å². The van der Waals surface area contributed by atoms with Crippen molar-refractivity contribution in [3.63, 3.8) is 0 Å².